The summed E-state index contributed by atoms with van der Waals surface area (Å²) in [6, 6.07) is 7.26. The number of carbonyl (C=O) groups is 4. The van der Waals surface area contributed by atoms with Crippen molar-refractivity contribution in [2.45, 2.75) is 0 Å². The Morgan fingerprint density at radius 1 is 0.810 bits per heavy atom. The first kappa shape index (κ1) is 12.9. The van der Waals surface area contributed by atoms with Gasteiger partial charge in [-0.15, -0.1) is 0 Å². The molecule has 1 aliphatic carbocycles. The Bertz CT molecular complexity index is 836. The molecule has 0 bridgehead atoms. The molecule has 2 aromatic rings. The van der Waals surface area contributed by atoms with E-state index in [1.54, 1.807) is 0 Å². The number of ketones is 2. The van der Waals surface area contributed by atoms with Crippen LogP contribution in [0.15, 0.2) is 30.3 Å². The number of nitrogens with two attached hydrogens (primary N) is 1. The van der Waals surface area contributed by atoms with E-state index in [-0.39, 0.29) is 39.1 Å². The summed E-state index contributed by atoms with van der Waals surface area (Å²) in [5.41, 5.74) is 6.28. The zero-order chi connectivity index (χ0) is 15.1. The van der Waals surface area contributed by atoms with E-state index in [1.807, 2.05) is 0 Å². The number of hydrogen-bond donors (Lipinski definition) is 1. The first-order chi connectivity index (χ1) is 10.1. The van der Waals surface area contributed by atoms with Crippen molar-refractivity contribution in [3.8, 4) is 0 Å². The van der Waals surface area contributed by atoms with Crippen molar-refractivity contribution >= 4 is 29.8 Å². The van der Waals surface area contributed by atoms with Crippen LogP contribution in [0.4, 0.5) is 5.69 Å². The zero-order valence-electron chi connectivity index (χ0n) is 10.8. The van der Waals surface area contributed by atoms with E-state index in [0.717, 1.165) is 0 Å². The molecule has 0 saturated heterocycles. The number of nitrogen functional groups attached to an aromatic ring is 1. The minimum absolute atomic E-state index is 0.00514. The molecule has 0 spiro atoms. The largest absolute Gasteiger partial charge is 0.398 e. The van der Waals surface area contributed by atoms with Gasteiger partial charge in [-0.2, -0.15) is 0 Å². The molecule has 5 nitrogen and oxygen atoms in total. The highest BCUT2D eigenvalue weighted by Gasteiger charge is 2.33. The maximum absolute atomic E-state index is 12.6. The molecule has 0 aromatic heterocycles. The van der Waals surface area contributed by atoms with Crippen molar-refractivity contribution in [1.29, 1.82) is 0 Å². The Kier molecular flexibility index (Phi) is 2.76. The lowest BCUT2D eigenvalue weighted by atomic mass is 9.80. The van der Waals surface area contributed by atoms with Crippen LogP contribution in [0, 0.1) is 0 Å². The van der Waals surface area contributed by atoms with Gasteiger partial charge in [0.1, 0.15) is 0 Å². The average molecular weight is 279 g/mol. The van der Waals surface area contributed by atoms with Crippen molar-refractivity contribution in [2.24, 2.45) is 0 Å². The van der Waals surface area contributed by atoms with E-state index in [4.69, 9.17) is 5.73 Å². The Labute approximate surface area is 119 Å². The number of rotatable bonds is 2. The van der Waals surface area contributed by atoms with Crippen molar-refractivity contribution in [3.05, 3.63) is 63.7 Å². The van der Waals surface area contributed by atoms with E-state index in [9.17, 15) is 19.2 Å². The molecule has 5 heteroatoms. The number of aldehydes is 2. The van der Waals surface area contributed by atoms with Gasteiger partial charge in [-0.1, -0.05) is 18.2 Å². The van der Waals surface area contributed by atoms with Gasteiger partial charge in [-0.3, -0.25) is 19.2 Å². The topological polar surface area (TPSA) is 94.3 Å². The minimum Gasteiger partial charge on any atom is -0.398 e. The highest BCUT2D eigenvalue weighted by atomic mass is 16.1. The molecular formula is C16H9NO4. The molecule has 0 heterocycles. The van der Waals surface area contributed by atoms with Crippen LogP contribution in [0.2, 0.25) is 0 Å². The summed E-state index contributed by atoms with van der Waals surface area (Å²) in [4.78, 5) is 47.4. The van der Waals surface area contributed by atoms with Crippen molar-refractivity contribution in [1.82, 2.24) is 0 Å². The first-order valence-corrected chi connectivity index (χ1v) is 6.15. The Balaban J connectivity index is 2.41. The monoisotopic (exact) mass is 279 g/mol. The number of benzene rings is 2. The second-order valence-corrected chi connectivity index (χ2v) is 4.65. The molecule has 2 N–H and O–H groups in total. The van der Waals surface area contributed by atoms with Gasteiger partial charge in [0.05, 0.1) is 0 Å². The van der Waals surface area contributed by atoms with Gasteiger partial charge in [0.2, 0.25) is 0 Å². The molecular weight excluding hydrogens is 270 g/mol. The molecule has 0 fully saturated rings. The van der Waals surface area contributed by atoms with E-state index in [0.29, 0.717) is 12.6 Å². The number of carbonyl (C=O) groups excluding carboxylic acids is 4. The predicted octanol–water partition coefficient (Wildman–Crippen LogP) is 1.67. The van der Waals surface area contributed by atoms with Crippen LogP contribution in [0.25, 0.3) is 0 Å². The predicted molar refractivity (Wildman–Crippen MR) is 74.9 cm³/mol. The summed E-state index contributed by atoms with van der Waals surface area (Å²) in [5, 5.41) is 0. The summed E-state index contributed by atoms with van der Waals surface area (Å²) in [6.45, 7) is 0. The zero-order valence-corrected chi connectivity index (χ0v) is 10.8. The normalized spacial score (nSPS) is 12.6. The summed E-state index contributed by atoms with van der Waals surface area (Å²) in [7, 11) is 0. The van der Waals surface area contributed by atoms with E-state index in [2.05, 4.69) is 0 Å². The van der Waals surface area contributed by atoms with Crippen molar-refractivity contribution in [3.63, 3.8) is 0 Å². The van der Waals surface area contributed by atoms with Crippen LogP contribution < -0.4 is 5.73 Å². The van der Waals surface area contributed by atoms with Gasteiger partial charge in [-0.05, 0) is 12.1 Å². The van der Waals surface area contributed by atoms with Gasteiger partial charge in [0.15, 0.2) is 24.1 Å². The summed E-state index contributed by atoms with van der Waals surface area (Å²) in [5.74, 6) is -0.928. The molecule has 0 aliphatic heterocycles. The van der Waals surface area contributed by atoms with Crippen LogP contribution in [0.1, 0.15) is 52.6 Å². The minimum atomic E-state index is -0.474. The van der Waals surface area contributed by atoms with Crippen LogP contribution in [-0.2, 0) is 0 Å². The van der Waals surface area contributed by atoms with Crippen molar-refractivity contribution < 1.29 is 19.2 Å². The van der Waals surface area contributed by atoms with Crippen LogP contribution in [0.5, 0.6) is 0 Å². The van der Waals surface area contributed by atoms with Crippen LogP contribution >= 0.6 is 0 Å². The molecule has 0 amide bonds. The summed E-state index contributed by atoms with van der Waals surface area (Å²) in [6.07, 6.45) is 1.00. The Hall–Kier alpha value is -3.08. The molecule has 0 saturated carbocycles. The highest BCUT2D eigenvalue weighted by molar-refractivity contribution is 6.32. The van der Waals surface area contributed by atoms with E-state index >= 15 is 0 Å². The fourth-order valence-electron chi connectivity index (χ4n) is 2.58. The first-order valence-electron chi connectivity index (χ1n) is 6.15. The molecule has 21 heavy (non-hydrogen) atoms. The van der Waals surface area contributed by atoms with Gasteiger partial charge in [0.25, 0.3) is 0 Å². The molecule has 1 aliphatic rings. The fraction of sp³-hybridized carbons (Fsp3) is 0. The lowest BCUT2D eigenvalue weighted by Gasteiger charge is -2.20. The molecule has 0 atom stereocenters. The Morgan fingerprint density at radius 2 is 1.48 bits per heavy atom. The second-order valence-electron chi connectivity index (χ2n) is 4.65. The average Bonchev–Trinajstić information content (AvgIpc) is 2.51. The quantitative estimate of drug-likeness (QED) is 0.568. The third-order valence-electron chi connectivity index (χ3n) is 3.56. The third kappa shape index (κ3) is 1.64. The van der Waals surface area contributed by atoms with Crippen LogP contribution in [-0.4, -0.2) is 24.1 Å². The smallest absolute Gasteiger partial charge is 0.195 e. The van der Waals surface area contributed by atoms with Crippen LogP contribution in [0.3, 0.4) is 0 Å². The molecule has 102 valence electrons. The molecule has 0 unspecified atom stereocenters. The number of fused-ring (bicyclic) bond motifs is 2. The molecule has 0 radical (unpaired) electrons. The molecule has 3 rings (SSSR count). The fourth-order valence-corrected chi connectivity index (χ4v) is 2.58. The lowest BCUT2D eigenvalue weighted by molar-refractivity contribution is 0.0973. The summed E-state index contributed by atoms with van der Waals surface area (Å²) < 4.78 is 0. The SMILES string of the molecule is Nc1ccc2c(c1C=O)C(=O)c1cccc(C=O)c1C2=O. The van der Waals surface area contributed by atoms with Gasteiger partial charge in [0, 0.05) is 39.1 Å². The van der Waals surface area contributed by atoms with E-state index in [1.165, 1.54) is 30.3 Å². The number of anilines is 1. The van der Waals surface area contributed by atoms with Gasteiger partial charge < -0.3 is 5.73 Å². The van der Waals surface area contributed by atoms with Gasteiger partial charge in [-0.25, -0.2) is 0 Å². The summed E-state index contributed by atoms with van der Waals surface area (Å²) >= 11 is 0. The maximum atomic E-state index is 12.6. The second kappa shape index (κ2) is 4.49. The highest BCUT2D eigenvalue weighted by Crippen LogP contribution is 2.32. The maximum Gasteiger partial charge on any atom is 0.195 e. The molecule has 2 aromatic carbocycles. The van der Waals surface area contributed by atoms with E-state index < -0.39 is 11.6 Å². The van der Waals surface area contributed by atoms with Crippen molar-refractivity contribution in [2.75, 3.05) is 5.73 Å². The van der Waals surface area contributed by atoms with Gasteiger partial charge >= 0.3 is 0 Å². The number of hydrogen-bond acceptors (Lipinski definition) is 5. The third-order valence-corrected chi connectivity index (χ3v) is 3.56. The Morgan fingerprint density at radius 3 is 2.14 bits per heavy atom. The standard InChI is InChI=1S/C16H9NO4/c17-12-5-4-10-14(11(12)7-19)16(21)9-3-1-2-8(6-18)13(9)15(10)20/h1-7H,17H2. The lowest BCUT2D eigenvalue weighted by Crippen LogP contribution is -2.24.